The summed E-state index contributed by atoms with van der Waals surface area (Å²) in [6, 6.07) is 6.00. The molecule has 1 N–H and O–H groups in total. The summed E-state index contributed by atoms with van der Waals surface area (Å²) < 4.78 is 11.4. The maximum atomic E-state index is 11.6. The molecule has 2 aliphatic rings. The minimum absolute atomic E-state index is 0.153. The van der Waals surface area contributed by atoms with Crippen molar-refractivity contribution in [2.45, 2.75) is 45.3 Å². The van der Waals surface area contributed by atoms with Crippen molar-refractivity contribution in [3.63, 3.8) is 0 Å². The Morgan fingerprint density at radius 1 is 1.00 bits per heavy atom. The highest BCUT2D eigenvalue weighted by molar-refractivity contribution is 5.73. The first-order valence-electron chi connectivity index (χ1n) is 11.2. The van der Waals surface area contributed by atoms with E-state index in [1.165, 1.54) is 19.3 Å². The van der Waals surface area contributed by atoms with Crippen LogP contribution in [0.2, 0.25) is 0 Å². The fraction of sp³-hybridized carbons (Fsp3) is 0.696. The molecular formula is C23H37N3O4. The molecule has 0 bridgehead atoms. The zero-order chi connectivity index (χ0) is 21.3. The molecule has 0 unspecified atom stereocenters. The number of carbonyl (C=O) groups excluding carboxylic acids is 1. The lowest BCUT2D eigenvalue weighted by molar-refractivity contribution is -0.128. The highest BCUT2D eigenvalue weighted by atomic mass is 16.5. The van der Waals surface area contributed by atoms with Crippen molar-refractivity contribution in [1.82, 2.24) is 14.7 Å². The molecule has 30 heavy (non-hydrogen) atoms. The highest BCUT2D eigenvalue weighted by Gasteiger charge is 2.18. The number of ether oxygens (including phenoxy) is 2. The molecule has 7 nitrogen and oxygen atoms in total. The van der Waals surface area contributed by atoms with E-state index < -0.39 is 6.10 Å². The van der Waals surface area contributed by atoms with Gasteiger partial charge in [0.2, 0.25) is 5.91 Å². The second-order valence-corrected chi connectivity index (χ2v) is 8.45. The van der Waals surface area contributed by atoms with Crippen LogP contribution >= 0.6 is 0 Å². The summed E-state index contributed by atoms with van der Waals surface area (Å²) in [6.45, 7) is 8.94. The second-order valence-electron chi connectivity index (χ2n) is 8.45. The van der Waals surface area contributed by atoms with Gasteiger partial charge in [0.15, 0.2) is 11.5 Å². The molecule has 1 aromatic rings. The molecule has 1 atom stereocenters. The fourth-order valence-corrected chi connectivity index (χ4v) is 4.31. The third-order valence-corrected chi connectivity index (χ3v) is 6.02. The summed E-state index contributed by atoms with van der Waals surface area (Å²) >= 11 is 0. The Kier molecular flexibility index (Phi) is 8.78. The van der Waals surface area contributed by atoms with Crippen LogP contribution in [0.3, 0.4) is 0 Å². The average Bonchev–Trinajstić information content (AvgIpc) is 2.99. The van der Waals surface area contributed by atoms with Gasteiger partial charge in [-0.05, 0) is 50.0 Å². The quantitative estimate of drug-likeness (QED) is 0.695. The number of aliphatic hydroxyl groups excluding tert-OH is 1. The molecule has 2 heterocycles. The number of likely N-dealkylation sites (tertiary alicyclic amines) is 1. The zero-order valence-electron chi connectivity index (χ0n) is 18.5. The van der Waals surface area contributed by atoms with Crippen LogP contribution in [0.4, 0.5) is 0 Å². The number of hydrogen-bond acceptors (Lipinski definition) is 6. The molecule has 0 saturated carbocycles. The van der Waals surface area contributed by atoms with Gasteiger partial charge in [-0.3, -0.25) is 9.69 Å². The minimum Gasteiger partial charge on any atom is -0.493 e. The van der Waals surface area contributed by atoms with Crippen LogP contribution in [0, 0.1) is 0 Å². The summed E-state index contributed by atoms with van der Waals surface area (Å²) in [6.07, 6.45) is 4.19. The highest BCUT2D eigenvalue weighted by Crippen LogP contribution is 2.29. The zero-order valence-corrected chi connectivity index (χ0v) is 18.5. The third-order valence-electron chi connectivity index (χ3n) is 6.02. The lowest BCUT2D eigenvalue weighted by Gasteiger charge is -2.28. The maximum Gasteiger partial charge on any atom is 0.219 e. The molecular weight excluding hydrogens is 382 g/mol. The lowest BCUT2D eigenvalue weighted by atomic mass is 10.1. The normalized spacial score (nSPS) is 19.9. The van der Waals surface area contributed by atoms with Crippen molar-refractivity contribution in [2.75, 3.05) is 59.5 Å². The Morgan fingerprint density at radius 3 is 2.50 bits per heavy atom. The predicted molar refractivity (Wildman–Crippen MR) is 117 cm³/mol. The van der Waals surface area contributed by atoms with Gasteiger partial charge in [0.25, 0.3) is 0 Å². The number of carbonyl (C=O) groups is 1. The van der Waals surface area contributed by atoms with Crippen molar-refractivity contribution in [2.24, 2.45) is 0 Å². The molecule has 0 aromatic heterocycles. The predicted octanol–water partition coefficient (Wildman–Crippen LogP) is 1.97. The van der Waals surface area contributed by atoms with Gasteiger partial charge in [0, 0.05) is 46.2 Å². The van der Waals surface area contributed by atoms with Gasteiger partial charge in [-0.1, -0.05) is 12.5 Å². The third kappa shape index (κ3) is 6.86. The van der Waals surface area contributed by atoms with Crippen LogP contribution in [0.25, 0.3) is 0 Å². The Balaban J connectivity index is 1.54. The first-order chi connectivity index (χ1) is 14.5. The van der Waals surface area contributed by atoms with Gasteiger partial charge in [0.1, 0.15) is 12.7 Å². The number of hydrogen-bond donors (Lipinski definition) is 1. The maximum absolute atomic E-state index is 11.6. The molecule has 0 spiro atoms. The number of piperidine rings is 1. The summed E-state index contributed by atoms with van der Waals surface area (Å²) in [7, 11) is 1.64. The van der Waals surface area contributed by atoms with Crippen LogP contribution in [0.1, 0.15) is 38.2 Å². The van der Waals surface area contributed by atoms with Gasteiger partial charge in [-0.2, -0.15) is 0 Å². The van der Waals surface area contributed by atoms with Gasteiger partial charge in [0.05, 0.1) is 7.11 Å². The molecule has 2 aliphatic heterocycles. The van der Waals surface area contributed by atoms with Crippen molar-refractivity contribution in [3.8, 4) is 11.5 Å². The van der Waals surface area contributed by atoms with Crippen LogP contribution in [0.5, 0.6) is 11.5 Å². The Morgan fingerprint density at radius 2 is 1.77 bits per heavy atom. The van der Waals surface area contributed by atoms with E-state index in [1.54, 1.807) is 14.0 Å². The van der Waals surface area contributed by atoms with Crippen LogP contribution in [-0.4, -0.2) is 91.3 Å². The lowest BCUT2D eigenvalue weighted by Crippen LogP contribution is -2.38. The van der Waals surface area contributed by atoms with E-state index in [4.69, 9.17) is 9.47 Å². The van der Waals surface area contributed by atoms with Crippen molar-refractivity contribution >= 4 is 5.91 Å². The second kappa shape index (κ2) is 11.5. The van der Waals surface area contributed by atoms with E-state index in [1.807, 2.05) is 17.0 Å². The van der Waals surface area contributed by atoms with E-state index in [-0.39, 0.29) is 12.5 Å². The molecule has 0 aliphatic carbocycles. The minimum atomic E-state index is -0.514. The molecule has 3 rings (SSSR count). The van der Waals surface area contributed by atoms with E-state index in [2.05, 4.69) is 15.9 Å². The number of benzene rings is 1. The van der Waals surface area contributed by atoms with E-state index in [0.717, 1.165) is 57.8 Å². The van der Waals surface area contributed by atoms with Crippen LogP contribution in [-0.2, 0) is 11.3 Å². The van der Waals surface area contributed by atoms with E-state index in [0.29, 0.717) is 18.0 Å². The standard InChI is InChI=1S/C23H37N3O4/c1-19(27)26-12-6-11-25(13-14-26)16-20-7-8-22(29-2)23(15-20)30-18-21(28)17-24-9-4-3-5-10-24/h7-8,15,21,28H,3-6,9-14,16-18H2,1-2H3/t21-/m1/s1. The van der Waals surface area contributed by atoms with Crippen LogP contribution < -0.4 is 9.47 Å². The topological polar surface area (TPSA) is 65.5 Å². The number of methoxy groups -OCH3 is 1. The fourth-order valence-electron chi connectivity index (χ4n) is 4.31. The van der Waals surface area contributed by atoms with Gasteiger partial charge < -0.3 is 24.4 Å². The SMILES string of the molecule is COc1ccc(CN2CCCN(C(C)=O)CC2)cc1OC[C@H](O)CN1CCCCC1. The monoisotopic (exact) mass is 419 g/mol. The molecule has 168 valence electrons. The van der Waals surface area contributed by atoms with Gasteiger partial charge >= 0.3 is 0 Å². The number of amides is 1. The van der Waals surface area contributed by atoms with E-state index in [9.17, 15) is 9.90 Å². The molecule has 7 heteroatoms. The molecule has 2 saturated heterocycles. The summed E-state index contributed by atoms with van der Waals surface area (Å²) in [5.41, 5.74) is 1.15. The van der Waals surface area contributed by atoms with Crippen molar-refractivity contribution < 1.29 is 19.4 Å². The summed E-state index contributed by atoms with van der Waals surface area (Å²) in [5.74, 6) is 1.51. The van der Waals surface area contributed by atoms with Gasteiger partial charge in [-0.25, -0.2) is 0 Å². The number of nitrogens with zero attached hydrogens (tertiary/aromatic N) is 3. The Labute approximate surface area is 180 Å². The largest absolute Gasteiger partial charge is 0.493 e. The Bertz CT molecular complexity index is 678. The van der Waals surface area contributed by atoms with Crippen LogP contribution in [0.15, 0.2) is 18.2 Å². The number of aliphatic hydroxyl groups is 1. The molecule has 0 radical (unpaired) electrons. The number of β-amino-alcohol motifs (C(OH)–C–C–N with tert-alkyl or cyclic N) is 1. The van der Waals surface area contributed by atoms with Gasteiger partial charge in [-0.15, -0.1) is 0 Å². The average molecular weight is 420 g/mol. The molecule has 2 fully saturated rings. The summed E-state index contributed by atoms with van der Waals surface area (Å²) in [4.78, 5) is 18.2. The summed E-state index contributed by atoms with van der Waals surface area (Å²) in [5, 5.41) is 10.4. The molecule has 1 amide bonds. The van der Waals surface area contributed by atoms with Crippen molar-refractivity contribution in [3.05, 3.63) is 23.8 Å². The first kappa shape index (κ1) is 22.8. The smallest absolute Gasteiger partial charge is 0.219 e. The van der Waals surface area contributed by atoms with E-state index >= 15 is 0 Å². The molecule has 1 aromatic carbocycles. The number of rotatable bonds is 8. The Hall–Kier alpha value is -1.83. The first-order valence-corrected chi connectivity index (χ1v) is 11.2. The van der Waals surface area contributed by atoms with Crippen molar-refractivity contribution in [1.29, 1.82) is 0 Å².